The van der Waals surface area contributed by atoms with E-state index >= 15 is 0 Å². The fourth-order valence-electron chi connectivity index (χ4n) is 2.61. The number of carbonyl (C=O) groups excluding carboxylic acids is 1. The highest BCUT2D eigenvalue weighted by Crippen LogP contribution is 2.39. The first-order valence-corrected chi connectivity index (χ1v) is 7.79. The standard InChI is InChI=1S/C19H23NO4/c1-5-13-8-6-7-9-14(13)10-18(21)20-15-11-16(22-2)19(24-4)17(12-15)23-3/h6-9,11-12H,5,10H2,1-4H3,(H,20,21). The lowest BCUT2D eigenvalue weighted by molar-refractivity contribution is -0.115. The van der Waals surface area contributed by atoms with Crippen LogP contribution in [0.25, 0.3) is 0 Å². The van der Waals surface area contributed by atoms with Crippen molar-refractivity contribution in [3.05, 3.63) is 47.5 Å². The van der Waals surface area contributed by atoms with E-state index in [1.54, 1.807) is 33.5 Å². The molecular weight excluding hydrogens is 306 g/mol. The smallest absolute Gasteiger partial charge is 0.228 e. The van der Waals surface area contributed by atoms with E-state index in [0.717, 1.165) is 12.0 Å². The summed E-state index contributed by atoms with van der Waals surface area (Å²) in [6.07, 6.45) is 1.22. The number of methoxy groups -OCH3 is 3. The minimum absolute atomic E-state index is 0.0924. The van der Waals surface area contributed by atoms with E-state index < -0.39 is 0 Å². The molecule has 0 aliphatic rings. The van der Waals surface area contributed by atoms with E-state index in [4.69, 9.17) is 14.2 Å². The van der Waals surface area contributed by atoms with Gasteiger partial charge in [0.25, 0.3) is 0 Å². The lowest BCUT2D eigenvalue weighted by atomic mass is 10.0. The predicted octanol–water partition coefficient (Wildman–Crippen LogP) is 3.46. The third kappa shape index (κ3) is 3.98. The topological polar surface area (TPSA) is 56.8 Å². The van der Waals surface area contributed by atoms with Crippen LogP contribution in [0.1, 0.15) is 18.1 Å². The second-order valence-corrected chi connectivity index (χ2v) is 5.26. The van der Waals surface area contributed by atoms with Gasteiger partial charge in [-0.3, -0.25) is 4.79 Å². The van der Waals surface area contributed by atoms with Crippen LogP contribution >= 0.6 is 0 Å². The van der Waals surface area contributed by atoms with Gasteiger partial charge in [-0.1, -0.05) is 31.2 Å². The first kappa shape index (κ1) is 17.7. The molecule has 1 amide bonds. The first-order chi connectivity index (χ1) is 11.6. The molecule has 0 saturated heterocycles. The molecule has 128 valence electrons. The van der Waals surface area contributed by atoms with Crippen LogP contribution in [0.5, 0.6) is 17.2 Å². The predicted molar refractivity (Wildman–Crippen MR) is 94.3 cm³/mol. The summed E-state index contributed by atoms with van der Waals surface area (Å²) in [6, 6.07) is 11.4. The van der Waals surface area contributed by atoms with Crippen molar-refractivity contribution in [2.45, 2.75) is 19.8 Å². The average molecular weight is 329 g/mol. The third-order valence-corrected chi connectivity index (χ3v) is 3.80. The summed E-state index contributed by atoms with van der Waals surface area (Å²) in [5, 5.41) is 2.89. The van der Waals surface area contributed by atoms with Gasteiger partial charge in [0, 0.05) is 17.8 Å². The van der Waals surface area contributed by atoms with Gasteiger partial charge >= 0.3 is 0 Å². The van der Waals surface area contributed by atoms with Gasteiger partial charge in [0.2, 0.25) is 11.7 Å². The summed E-state index contributed by atoms with van der Waals surface area (Å²) >= 11 is 0. The van der Waals surface area contributed by atoms with Crippen molar-refractivity contribution in [1.29, 1.82) is 0 Å². The van der Waals surface area contributed by atoms with Crippen LogP contribution in [0.3, 0.4) is 0 Å². The van der Waals surface area contributed by atoms with Crippen LogP contribution in [-0.2, 0) is 17.6 Å². The molecule has 0 aromatic heterocycles. The Hall–Kier alpha value is -2.69. The zero-order valence-electron chi connectivity index (χ0n) is 14.5. The Morgan fingerprint density at radius 3 is 2.04 bits per heavy atom. The van der Waals surface area contributed by atoms with Gasteiger partial charge in [0.05, 0.1) is 27.8 Å². The molecule has 0 saturated carbocycles. The second kappa shape index (κ2) is 8.24. The summed E-state index contributed by atoms with van der Waals surface area (Å²) in [4.78, 5) is 12.4. The van der Waals surface area contributed by atoms with Gasteiger partial charge in [0.15, 0.2) is 11.5 Å². The summed E-state index contributed by atoms with van der Waals surface area (Å²) in [7, 11) is 4.63. The first-order valence-electron chi connectivity index (χ1n) is 7.79. The molecule has 2 aromatic carbocycles. The molecule has 0 bridgehead atoms. The Morgan fingerprint density at radius 2 is 1.54 bits per heavy atom. The number of carbonyl (C=O) groups is 1. The SMILES string of the molecule is CCc1ccccc1CC(=O)Nc1cc(OC)c(OC)c(OC)c1. The van der Waals surface area contributed by atoms with Gasteiger partial charge in [0.1, 0.15) is 0 Å². The highest BCUT2D eigenvalue weighted by atomic mass is 16.5. The molecule has 2 aromatic rings. The van der Waals surface area contributed by atoms with Gasteiger partial charge in [-0.25, -0.2) is 0 Å². The van der Waals surface area contributed by atoms with Gasteiger partial charge in [-0.15, -0.1) is 0 Å². The monoisotopic (exact) mass is 329 g/mol. The zero-order valence-corrected chi connectivity index (χ0v) is 14.5. The van der Waals surface area contributed by atoms with E-state index in [2.05, 4.69) is 12.2 Å². The number of nitrogens with one attached hydrogen (secondary N) is 1. The minimum atomic E-state index is -0.0924. The lowest BCUT2D eigenvalue weighted by Crippen LogP contribution is -2.15. The van der Waals surface area contributed by atoms with E-state index in [-0.39, 0.29) is 5.91 Å². The Balaban J connectivity index is 2.19. The number of amides is 1. The van der Waals surface area contributed by atoms with Crippen LogP contribution in [0.15, 0.2) is 36.4 Å². The van der Waals surface area contributed by atoms with Gasteiger partial charge in [-0.05, 0) is 17.5 Å². The molecule has 1 N–H and O–H groups in total. The van der Waals surface area contributed by atoms with Crippen molar-refractivity contribution >= 4 is 11.6 Å². The largest absolute Gasteiger partial charge is 0.493 e. The van der Waals surface area contributed by atoms with E-state index in [9.17, 15) is 4.79 Å². The summed E-state index contributed by atoms with van der Waals surface area (Å²) in [5.74, 6) is 1.40. The molecule has 0 radical (unpaired) electrons. The number of benzene rings is 2. The highest BCUT2D eigenvalue weighted by Gasteiger charge is 2.15. The van der Waals surface area contributed by atoms with Gasteiger partial charge < -0.3 is 19.5 Å². The quantitative estimate of drug-likeness (QED) is 0.845. The number of ether oxygens (including phenoxy) is 3. The zero-order chi connectivity index (χ0) is 17.5. The molecule has 0 spiro atoms. The van der Waals surface area contributed by atoms with Crippen molar-refractivity contribution < 1.29 is 19.0 Å². The Morgan fingerprint density at radius 1 is 0.958 bits per heavy atom. The molecule has 0 atom stereocenters. The molecule has 0 heterocycles. The summed E-state index contributed by atoms with van der Waals surface area (Å²) in [6.45, 7) is 2.08. The molecule has 2 rings (SSSR count). The van der Waals surface area contributed by atoms with Crippen LogP contribution in [0.4, 0.5) is 5.69 Å². The molecular formula is C19H23NO4. The molecule has 0 unspecified atom stereocenters. The maximum Gasteiger partial charge on any atom is 0.228 e. The second-order valence-electron chi connectivity index (χ2n) is 5.26. The maximum atomic E-state index is 12.4. The molecule has 0 aliphatic carbocycles. The average Bonchev–Trinajstić information content (AvgIpc) is 2.61. The third-order valence-electron chi connectivity index (χ3n) is 3.80. The number of anilines is 1. The Bertz CT molecular complexity index is 687. The van der Waals surface area contributed by atoms with E-state index in [1.807, 2.05) is 24.3 Å². The fourth-order valence-corrected chi connectivity index (χ4v) is 2.61. The number of rotatable bonds is 7. The fraction of sp³-hybridized carbons (Fsp3) is 0.316. The Labute approximate surface area is 142 Å². The van der Waals surface area contributed by atoms with Crippen molar-refractivity contribution in [1.82, 2.24) is 0 Å². The van der Waals surface area contributed by atoms with Crippen molar-refractivity contribution in [2.24, 2.45) is 0 Å². The van der Waals surface area contributed by atoms with E-state index in [0.29, 0.717) is 29.4 Å². The van der Waals surface area contributed by atoms with Crippen LogP contribution in [-0.4, -0.2) is 27.2 Å². The summed E-state index contributed by atoms with van der Waals surface area (Å²) < 4.78 is 15.9. The molecule has 24 heavy (non-hydrogen) atoms. The number of hydrogen-bond acceptors (Lipinski definition) is 4. The molecule has 0 fully saturated rings. The number of hydrogen-bond donors (Lipinski definition) is 1. The maximum absolute atomic E-state index is 12.4. The van der Waals surface area contributed by atoms with E-state index in [1.165, 1.54) is 5.56 Å². The molecule has 5 heteroatoms. The highest BCUT2D eigenvalue weighted by molar-refractivity contribution is 5.93. The summed E-state index contributed by atoms with van der Waals surface area (Å²) in [5.41, 5.74) is 2.81. The van der Waals surface area contributed by atoms with Gasteiger partial charge in [-0.2, -0.15) is 0 Å². The Kier molecular flexibility index (Phi) is 6.07. The van der Waals surface area contributed by atoms with Crippen molar-refractivity contribution in [2.75, 3.05) is 26.6 Å². The normalized spacial score (nSPS) is 10.2. The van der Waals surface area contributed by atoms with Crippen LogP contribution < -0.4 is 19.5 Å². The molecule has 5 nitrogen and oxygen atoms in total. The number of aryl methyl sites for hydroxylation is 1. The lowest BCUT2D eigenvalue weighted by Gasteiger charge is -2.15. The van der Waals surface area contributed by atoms with Crippen LogP contribution in [0, 0.1) is 0 Å². The van der Waals surface area contributed by atoms with Crippen molar-refractivity contribution in [3.8, 4) is 17.2 Å². The minimum Gasteiger partial charge on any atom is -0.493 e. The van der Waals surface area contributed by atoms with Crippen molar-refractivity contribution in [3.63, 3.8) is 0 Å². The van der Waals surface area contributed by atoms with Crippen LogP contribution in [0.2, 0.25) is 0 Å². The molecule has 0 aliphatic heterocycles.